The van der Waals surface area contributed by atoms with E-state index in [0.29, 0.717) is 17.7 Å². The quantitative estimate of drug-likeness (QED) is 0.705. The Morgan fingerprint density at radius 3 is 2.53 bits per heavy atom. The predicted molar refractivity (Wildman–Crippen MR) is 83.6 cm³/mol. The van der Waals surface area contributed by atoms with Crippen LogP contribution in [0.15, 0.2) is 18.2 Å². The Morgan fingerprint density at radius 2 is 1.89 bits per heavy atom. The van der Waals surface area contributed by atoms with E-state index in [9.17, 15) is 9.36 Å². The van der Waals surface area contributed by atoms with Gasteiger partial charge in [-0.15, -0.1) is 0 Å². The third kappa shape index (κ3) is 3.39. The molecule has 0 bridgehead atoms. The van der Waals surface area contributed by atoms with Crippen LogP contribution in [0.2, 0.25) is 0 Å². The number of hydrogen-bond donors (Lipinski definition) is 0. The zero-order valence-corrected chi connectivity index (χ0v) is 13.6. The van der Waals surface area contributed by atoms with Crippen molar-refractivity contribution in [1.82, 2.24) is 0 Å². The second kappa shape index (κ2) is 6.38. The van der Waals surface area contributed by atoms with Crippen LogP contribution in [0, 0.1) is 0 Å². The molecule has 1 aliphatic carbocycles. The number of carbonyl (C=O) groups excluding carboxylic acids is 1. The van der Waals surface area contributed by atoms with Crippen LogP contribution in [-0.4, -0.2) is 17.3 Å². The summed E-state index contributed by atoms with van der Waals surface area (Å²) in [4.78, 5) is 11.9. The molecule has 3 nitrogen and oxygen atoms in total. The van der Waals surface area contributed by atoms with Crippen LogP contribution < -0.4 is 4.52 Å². The summed E-state index contributed by atoms with van der Waals surface area (Å²) in [5.74, 6) is -0.772. The van der Waals surface area contributed by atoms with Crippen molar-refractivity contribution in [2.75, 3.05) is 11.5 Å². The molecule has 0 spiro atoms. The Bertz CT molecular complexity index is 521. The third-order valence-electron chi connectivity index (χ3n) is 2.80. The Labute approximate surface area is 121 Å². The van der Waals surface area contributed by atoms with Crippen molar-refractivity contribution in [3.8, 4) is 5.75 Å². The van der Waals surface area contributed by atoms with E-state index in [-0.39, 0.29) is 5.78 Å². The summed E-state index contributed by atoms with van der Waals surface area (Å²) in [6.07, 6.45) is 1.29. The SMILES string of the molecule is CCSP(=O)(Oc1cccc2c1C(=O)CC2)SCC. The monoisotopic (exact) mass is 316 g/mol. The highest BCUT2D eigenvalue weighted by Crippen LogP contribution is 2.69. The van der Waals surface area contributed by atoms with Crippen molar-refractivity contribution in [2.45, 2.75) is 26.7 Å². The number of fused-ring (bicyclic) bond motifs is 1. The van der Waals surface area contributed by atoms with Gasteiger partial charge in [-0.3, -0.25) is 9.36 Å². The van der Waals surface area contributed by atoms with Gasteiger partial charge in [0.05, 0.1) is 5.56 Å². The van der Waals surface area contributed by atoms with Crippen LogP contribution in [-0.2, 0) is 11.0 Å². The minimum atomic E-state index is -2.82. The molecule has 0 saturated heterocycles. The summed E-state index contributed by atoms with van der Waals surface area (Å²) >= 11 is 2.66. The molecule has 0 N–H and O–H groups in total. The van der Waals surface area contributed by atoms with Gasteiger partial charge in [-0.05, 0) is 40.8 Å². The van der Waals surface area contributed by atoms with Crippen molar-refractivity contribution in [3.63, 3.8) is 0 Å². The molecule has 104 valence electrons. The zero-order chi connectivity index (χ0) is 13.9. The normalized spacial score (nSPS) is 14.5. The summed E-state index contributed by atoms with van der Waals surface area (Å²) in [5.41, 5.74) is 1.65. The van der Waals surface area contributed by atoms with E-state index in [1.54, 1.807) is 6.07 Å². The van der Waals surface area contributed by atoms with Gasteiger partial charge in [0.25, 0.3) is 0 Å². The summed E-state index contributed by atoms with van der Waals surface area (Å²) in [5, 5.41) is 0. The molecule has 0 aliphatic heterocycles. The van der Waals surface area contributed by atoms with Gasteiger partial charge in [0.15, 0.2) is 5.78 Å². The number of carbonyl (C=O) groups is 1. The molecular weight excluding hydrogens is 299 g/mol. The van der Waals surface area contributed by atoms with Crippen molar-refractivity contribution >= 4 is 34.3 Å². The maximum absolute atomic E-state index is 12.7. The van der Waals surface area contributed by atoms with Gasteiger partial charge < -0.3 is 4.52 Å². The highest BCUT2D eigenvalue weighted by molar-refractivity contribution is 8.89. The highest BCUT2D eigenvalue weighted by atomic mass is 33.1. The first-order chi connectivity index (χ1) is 9.09. The Hall–Kier alpha value is -0.380. The maximum atomic E-state index is 12.7. The number of rotatable bonds is 6. The summed E-state index contributed by atoms with van der Waals surface area (Å²) in [7, 11) is 0. The molecule has 0 fully saturated rings. The smallest absolute Gasteiger partial charge is 0.359 e. The minimum absolute atomic E-state index is 0.0974. The lowest BCUT2D eigenvalue weighted by molar-refractivity contribution is 0.0993. The molecule has 0 amide bonds. The molecule has 0 atom stereocenters. The molecule has 1 aromatic rings. The van der Waals surface area contributed by atoms with Gasteiger partial charge in [-0.1, -0.05) is 26.0 Å². The topological polar surface area (TPSA) is 43.4 Å². The van der Waals surface area contributed by atoms with Crippen LogP contribution in [0.25, 0.3) is 0 Å². The summed E-state index contributed by atoms with van der Waals surface area (Å²) < 4.78 is 18.4. The summed E-state index contributed by atoms with van der Waals surface area (Å²) in [6, 6.07) is 5.56. The molecule has 19 heavy (non-hydrogen) atoms. The maximum Gasteiger partial charge on any atom is 0.359 e. The van der Waals surface area contributed by atoms with Crippen molar-refractivity contribution < 1.29 is 13.9 Å². The molecule has 0 heterocycles. The lowest BCUT2D eigenvalue weighted by Crippen LogP contribution is -1.97. The number of Topliss-reactive ketones (excluding diaryl/α,β-unsaturated/α-hetero) is 1. The van der Waals surface area contributed by atoms with Crippen LogP contribution in [0.1, 0.15) is 36.2 Å². The van der Waals surface area contributed by atoms with Crippen LogP contribution in [0.5, 0.6) is 5.75 Å². The first-order valence-electron chi connectivity index (χ1n) is 6.33. The highest BCUT2D eigenvalue weighted by Gasteiger charge is 2.30. The first-order valence-corrected chi connectivity index (χ1v) is 11.1. The average molecular weight is 316 g/mol. The van der Waals surface area contributed by atoms with E-state index in [2.05, 4.69) is 0 Å². The number of ketones is 1. The number of hydrogen-bond acceptors (Lipinski definition) is 5. The third-order valence-corrected chi connectivity index (χ3v) is 10.2. The van der Waals surface area contributed by atoms with Crippen LogP contribution in [0.4, 0.5) is 0 Å². The van der Waals surface area contributed by atoms with Crippen LogP contribution in [0.3, 0.4) is 0 Å². The zero-order valence-electron chi connectivity index (χ0n) is 11.0. The minimum Gasteiger partial charge on any atom is -0.428 e. The largest absolute Gasteiger partial charge is 0.428 e. The van der Waals surface area contributed by atoms with Crippen molar-refractivity contribution in [2.24, 2.45) is 0 Å². The molecule has 1 aliphatic rings. The Balaban J connectivity index is 2.30. The fourth-order valence-electron chi connectivity index (χ4n) is 2.08. The average Bonchev–Trinajstić information content (AvgIpc) is 2.73. The van der Waals surface area contributed by atoms with E-state index >= 15 is 0 Å². The van der Waals surface area contributed by atoms with Gasteiger partial charge in [0.2, 0.25) is 0 Å². The molecular formula is C13H17O3PS2. The van der Waals surface area contributed by atoms with Crippen LogP contribution >= 0.6 is 28.5 Å². The molecule has 6 heteroatoms. The molecule has 0 unspecified atom stereocenters. The van der Waals surface area contributed by atoms with Gasteiger partial charge >= 0.3 is 5.77 Å². The lowest BCUT2D eigenvalue weighted by Gasteiger charge is -2.18. The summed E-state index contributed by atoms with van der Waals surface area (Å²) in [6.45, 7) is 3.91. The fraction of sp³-hybridized carbons (Fsp3) is 0.462. The molecule has 2 rings (SSSR count). The molecule has 0 radical (unpaired) electrons. The number of aryl methyl sites for hydroxylation is 1. The predicted octanol–water partition coefficient (Wildman–Crippen LogP) is 4.81. The van der Waals surface area contributed by atoms with E-state index in [0.717, 1.165) is 23.5 Å². The second-order valence-electron chi connectivity index (χ2n) is 4.09. The number of benzene rings is 1. The second-order valence-corrected chi connectivity index (χ2v) is 12.0. The van der Waals surface area contributed by atoms with E-state index in [1.165, 1.54) is 22.8 Å². The Kier molecular flexibility index (Phi) is 5.04. The van der Waals surface area contributed by atoms with Gasteiger partial charge in [-0.2, -0.15) is 0 Å². The van der Waals surface area contributed by atoms with Crippen molar-refractivity contribution in [3.05, 3.63) is 29.3 Å². The van der Waals surface area contributed by atoms with E-state index < -0.39 is 5.77 Å². The van der Waals surface area contributed by atoms with Gasteiger partial charge in [0.1, 0.15) is 5.75 Å². The van der Waals surface area contributed by atoms with E-state index in [1.807, 2.05) is 26.0 Å². The van der Waals surface area contributed by atoms with Crippen molar-refractivity contribution in [1.29, 1.82) is 0 Å². The molecule has 1 aromatic carbocycles. The standard InChI is InChI=1S/C13H17O3PS2/c1-3-18-17(15,19-4-2)16-12-7-5-6-10-8-9-11(14)13(10)12/h5-7H,3-4,8-9H2,1-2H3. The van der Waals surface area contributed by atoms with Gasteiger partial charge in [-0.25, -0.2) is 0 Å². The van der Waals surface area contributed by atoms with E-state index in [4.69, 9.17) is 4.52 Å². The Morgan fingerprint density at radius 1 is 1.21 bits per heavy atom. The molecule has 0 saturated carbocycles. The fourth-order valence-corrected chi connectivity index (χ4v) is 8.77. The van der Waals surface area contributed by atoms with Gasteiger partial charge in [0, 0.05) is 17.9 Å². The lowest BCUT2D eigenvalue weighted by atomic mass is 10.1. The first kappa shape index (κ1) is 15.0. The molecule has 0 aromatic heterocycles.